The van der Waals surface area contributed by atoms with Gasteiger partial charge >= 0.3 is 0 Å². The van der Waals surface area contributed by atoms with Gasteiger partial charge in [-0.3, -0.25) is 5.10 Å². The summed E-state index contributed by atoms with van der Waals surface area (Å²) in [6.07, 6.45) is 0. The number of nitrogens with two attached hydrogens (primary N) is 2. The topological polar surface area (TPSA) is 113 Å². The highest BCUT2D eigenvalue weighted by molar-refractivity contribution is 5.85. The number of benzene rings is 1. The number of rotatable bonds is 4. The monoisotopic (exact) mass is 297 g/mol. The lowest BCUT2D eigenvalue weighted by molar-refractivity contribution is 0.475. The van der Waals surface area contributed by atoms with Crippen LogP contribution in [0, 0.1) is 5.92 Å². The smallest absolute Gasteiger partial charge is 0.142 e. The second kappa shape index (κ2) is 6.38. The largest absolute Gasteiger partial charge is 0.508 e. The number of aromatic amines is 1. The van der Waals surface area contributed by atoms with Crippen molar-refractivity contribution in [2.24, 2.45) is 5.92 Å². The second-order valence-electron chi connectivity index (χ2n) is 4.85. The van der Waals surface area contributed by atoms with Crippen LogP contribution in [0.1, 0.15) is 25.6 Å². The van der Waals surface area contributed by atoms with Crippen LogP contribution in [0.3, 0.4) is 0 Å². The van der Waals surface area contributed by atoms with Crippen molar-refractivity contribution in [1.82, 2.24) is 10.2 Å². The van der Waals surface area contributed by atoms with Gasteiger partial charge in [0.25, 0.3) is 0 Å². The summed E-state index contributed by atoms with van der Waals surface area (Å²) in [5, 5.41) is 19.6. The molecule has 0 aliphatic rings. The summed E-state index contributed by atoms with van der Waals surface area (Å²) in [7, 11) is 0. The van der Waals surface area contributed by atoms with Crippen LogP contribution in [0.25, 0.3) is 0 Å². The van der Waals surface area contributed by atoms with Gasteiger partial charge in [0.2, 0.25) is 0 Å². The van der Waals surface area contributed by atoms with Crippen LogP contribution in [-0.2, 0) is 0 Å². The third-order valence-electron chi connectivity index (χ3n) is 2.99. The molecule has 0 saturated carbocycles. The molecule has 2 aromatic rings. The lowest BCUT2D eigenvalue weighted by Crippen LogP contribution is -2.18. The summed E-state index contributed by atoms with van der Waals surface area (Å²) in [4.78, 5) is 0. The number of phenols is 1. The fraction of sp³-hybridized carbons (Fsp3) is 0.308. The molecule has 0 fully saturated rings. The highest BCUT2D eigenvalue weighted by Crippen LogP contribution is 2.31. The summed E-state index contributed by atoms with van der Waals surface area (Å²) in [6, 6.07) is 6.84. The molecule has 2 rings (SSSR count). The molecule has 1 heterocycles. The van der Waals surface area contributed by atoms with E-state index in [9.17, 15) is 5.11 Å². The molecule has 0 aliphatic heterocycles. The molecule has 7 N–H and O–H groups in total. The molecule has 0 amide bonds. The molecular formula is C13H20ClN5O. The number of aromatic hydroxyl groups is 1. The van der Waals surface area contributed by atoms with Gasteiger partial charge in [-0.25, -0.2) is 0 Å². The first-order valence-corrected chi connectivity index (χ1v) is 6.13. The van der Waals surface area contributed by atoms with Crippen LogP contribution in [0.15, 0.2) is 24.3 Å². The molecule has 1 unspecified atom stereocenters. The van der Waals surface area contributed by atoms with Gasteiger partial charge in [-0.15, -0.1) is 12.4 Å². The van der Waals surface area contributed by atoms with Crippen LogP contribution < -0.4 is 16.8 Å². The van der Waals surface area contributed by atoms with Crippen molar-refractivity contribution in [3.05, 3.63) is 30.0 Å². The van der Waals surface area contributed by atoms with Crippen molar-refractivity contribution in [1.29, 1.82) is 0 Å². The first kappa shape index (κ1) is 16.0. The average molecular weight is 298 g/mol. The van der Waals surface area contributed by atoms with Crippen molar-refractivity contribution < 1.29 is 5.11 Å². The number of nitrogens with zero attached hydrogens (tertiary/aromatic N) is 1. The quantitative estimate of drug-likeness (QED) is 0.595. The molecule has 0 spiro atoms. The summed E-state index contributed by atoms with van der Waals surface area (Å²) in [5.74, 6) is 0.840. The fourth-order valence-electron chi connectivity index (χ4n) is 1.94. The van der Waals surface area contributed by atoms with Gasteiger partial charge in [-0.1, -0.05) is 19.9 Å². The molecule has 0 bridgehead atoms. The van der Waals surface area contributed by atoms with Gasteiger partial charge in [0.1, 0.15) is 17.3 Å². The molecule has 0 aliphatic carbocycles. The van der Waals surface area contributed by atoms with Gasteiger partial charge in [-0.05, 0) is 18.1 Å². The maximum atomic E-state index is 9.49. The fourth-order valence-corrected chi connectivity index (χ4v) is 1.94. The molecule has 110 valence electrons. The third kappa shape index (κ3) is 3.27. The molecule has 0 radical (unpaired) electrons. The molecule has 7 heteroatoms. The number of phenolic OH excluding ortho intramolecular Hbond substituents is 1. The third-order valence-corrected chi connectivity index (χ3v) is 2.99. The Kier molecular flexibility index (Phi) is 5.10. The predicted molar refractivity (Wildman–Crippen MR) is 84.0 cm³/mol. The van der Waals surface area contributed by atoms with E-state index in [2.05, 4.69) is 29.4 Å². The summed E-state index contributed by atoms with van der Waals surface area (Å²) in [5.41, 5.74) is 13.6. The minimum atomic E-state index is -0.0876. The van der Waals surface area contributed by atoms with Gasteiger partial charge in [-0.2, -0.15) is 5.10 Å². The van der Waals surface area contributed by atoms with E-state index >= 15 is 0 Å². The SMILES string of the molecule is CC(C)C(Nc1cccc(O)c1)c1n[nH]c(N)c1N.Cl. The number of hydrogen-bond donors (Lipinski definition) is 5. The van der Waals surface area contributed by atoms with Crippen LogP contribution in [0.2, 0.25) is 0 Å². The van der Waals surface area contributed by atoms with Crippen molar-refractivity contribution in [3.63, 3.8) is 0 Å². The van der Waals surface area contributed by atoms with Gasteiger partial charge in [0.05, 0.1) is 11.7 Å². The van der Waals surface area contributed by atoms with Crippen molar-refractivity contribution in [3.8, 4) is 5.75 Å². The van der Waals surface area contributed by atoms with Crippen molar-refractivity contribution >= 4 is 29.6 Å². The molecule has 1 aromatic carbocycles. The Hall–Kier alpha value is -2.08. The Morgan fingerprint density at radius 2 is 2.00 bits per heavy atom. The van der Waals surface area contributed by atoms with E-state index in [-0.39, 0.29) is 30.1 Å². The van der Waals surface area contributed by atoms with Crippen LogP contribution in [0.4, 0.5) is 17.2 Å². The molecular weight excluding hydrogens is 278 g/mol. The molecule has 1 atom stereocenters. The van der Waals surface area contributed by atoms with Crippen molar-refractivity contribution in [2.75, 3.05) is 16.8 Å². The Balaban J connectivity index is 0.00000200. The van der Waals surface area contributed by atoms with E-state index in [0.29, 0.717) is 17.2 Å². The number of nitrogen functional groups attached to an aromatic ring is 2. The van der Waals surface area contributed by atoms with Crippen LogP contribution >= 0.6 is 12.4 Å². The van der Waals surface area contributed by atoms with E-state index in [1.54, 1.807) is 18.2 Å². The lowest BCUT2D eigenvalue weighted by atomic mass is 9.99. The van der Waals surface area contributed by atoms with E-state index < -0.39 is 0 Å². The maximum absolute atomic E-state index is 9.49. The Labute approximate surface area is 124 Å². The molecule has 0 saturated heterocycles. The second-order valence-corrected chi connectivity index (χ2v) is 4.85. The van der Waals surface area contributed by atoms with Gasteiger partial charge in [0, 0.05) is 11.8 Å². The summed E-state index contributed by atoms with van der Waals surface area (Å²) >= 11 is 0. The van der Waals surface area contributed by atoms with Crippen LogP contribution in [-0.4, -0.2) is 15.3 Å². The predicted octanol–water partition coefficient (Wildman–Crippen LogP) is 2.51. The number of anilines is 3. The first-order chi connectivity index (χ1) is 8.99. The van der Waals surface area contributed by atoms with E-state index in [0.717, 1.165) is 5.69 Å². The minimum absolute atomic E-state index is 0. The minimum Gasteiger partial charge on any atom is -0.508 e. The maximum Gasteiger partial charge on any atom is 0.142 e. The zero-order valence-electron chi connectivity index (χ0n) is 11.4. The number of H-pyrrole nitrogens is 1. The number of halogens is 1. The van der Waals surface area contributed by atoms with Gasteiger partial charge in [0.15, 0.2) is 0 Å². The lowest BCUT2D eigenvalue weighted by Gasteiger charge is -2.22. The zero-order valence-corrected chi connectivity index (χ0v) is 12.2. The van der Waals surface area contributed by atoms with Gasteiger partial charge < -0.3 is 21.9 Å². The molecule has 20 heavy (non-hydrogen) atoms. The Morgan fingerprint density at radius 3 is 2.50 bits per heavy atom. The summed E-state index contributed by atoms with van der Waals surface area (Å²) < 4.78 is 0. The highest BCUT2D eigenvalue weighted by atomic mass is 35.5. The average Bonchev–Trinajstić information content (AvgIpc) is 2.67. The zero-order chi connectivity index (χ0) is 14.0. The number of hydrogen-bond acceptors (Lipinski definition) is 5. The van der Waals surface area contributed by atoms with Crippen molar-refractivity contribution in [2.45, 2.75) is 19.9 Å². The Bertz CT molecular complexity index is 570. The standard InChI is InChI=1S/C13H19N5O.ClH/c1-7(2)11(12-10(14)13(15)18-17-12)16-8-4-3-5-9(19)6-8;/h3-7,11,16,19H,14H2,1-2H3,(H3,15,17,18);1H. The first-order valence-electron chi connectivity index (χ1n) is 6.13. The normalized spacial score (nSPS) is 11.9. The highest BCUT2D eigenvalue weighted by Gasteiger charge is 2.22. The summed E-state index contributed by atoms with van der Waals surface area (Å²) in [6.45, 7) is 4.12. The number of nitrogens with one attached hydrogen (secondary N) is 2. The molecule has 1 aromatic heterocycles. The Morgan fingerprint density at radius 1 is 1.30 bits per heavy atom. The van der Waals surface area contributed by atoms with E-state index in [1.807, 2.05) is 6.07 Å². The number of aromatic nitrogens is 2. The van der Waals surface area contributed by atoms with Crippen LogP contribution in [0.5, 0.6) is 5.75 Å². The van der Waals surface area contributed by atoms with E-state index in [4.69, 9.17) is 11.5 Å². The van der Waals surface area contributed by atoms with E-state index in [1.165, 1.54) is 0 Å². The molecule has 6 nitrogen and oxygen atoms in total.